The Kier molecular flexibility index (Phi) is 4.63. The molecule has 8 nitrogen and oxygen atoms in total. The first-order valence-corrected chi connectivity index (χ1v) is 10.4. The van der Waals surface area contributed by atoms with Crippen LogP contribution in [0.4, 0.5) is 11.9 Å². The molecule has 0 N–H and O–H groups in total. The van der Waals surface area contributed by atoms with Crippen LogP contribution in [0.3, 0.4) is 0 Å². The van der Waals surface area contributed by atoms with Gasteiger partial charge < -0.3 is 19.4 Å². The molecule has 1 atom stereocenters. The van der Waals surface area contributed by atoms with E-state index in [0.29, 0.717) is 5.92 Å². The molecule has 5 rings (SSSR count). The van der Waals surface area contributed by atoms with Crippen LogP contribution < -0.4 is 9.80 Å². The van der Waals surface area contributed by atoms with Crippen molar-refractivity contribution in [1.29, 1.82) is 0 Å². The van der Waals surface area contributed by atoms with Gasteiger partial charge in [0.05, 0.1) is 18.9 Å². The van der Waals surface area contributed by atoms with Gasteiger partial charge in [-0.15, -0.1) is 0 Å². The Balaban J connectivity index is 1.37. The van der Waals surface area contributed by atoms with E-state index in [1.54, 1.807) is 0 Å². The normalized spacial score (nSPS) is 24.2. The van der Waals surface area contributed by atoms with E-state index in [4.69, 9.17) is 14.7 Å². The number of likely N-dealkylation sites (N-methyl/N-ethyl adjacent to an activating group) is 1. The Hall–Kier alpha value is -2.32. The summed E-state index contributed by atoms with van der Waals surface area (Å²) in [4.78, 5) is 25.8. The van der Waals surface area contributed by atoms with Crippen LogP contribution in [0.5, 0.6) is 0 Å². The Bertz CT molecular complexity index is 892. The first kappa shape index (κ1) is 18.7. The first-order valence-electron chi connectivity index (χ1n) is 10.4. The number of ether oxygens (including phenoxy) is 1. The van der Waals surface area contributed by atoms with E-state index >= 15 is 0 Å². The van der Waals surface area contributed by atoms with E-state index in [1.165, 1.54) is 0 Å². The van der Waals surface area contributed by atoms with Crippen molar-refractivity contribution < 1.29 is 4.74 Å². The van der Waals surface area contributed by atoms with Crippen LogP contribution in [0.1, 0.15) is 22.9 Å². The van der Waals surface area contributed by atoms with Crippen molar-refractivity contribution in [1.82, 2.24) is 24.8 Å². The van der Waals surface area contributed by atoms with Gasteiger partial charge in [0.15, 0.2) is 0 Å². The molecular formula is C21H29N7O. The van der Waals surface area contributed by atoms with Gasteiger partial charge in [0, 0.05) is 68.7 Å². The van der Waals surface area contributed by atoms with E-state index in [-0.39, 0.29) is 5.41 Å². The molecule has 0 radical (unpaired) electrons. The van der Waals surface area contributed by atoms with Crippen molar-refractivity contribution in [3.63, 3.8) is 0 Å². The lowest BCUT2D eigenvalue weighted by molar-refractivity contribution is 0.122. The number of aryl methyl sites for hydroxylation is 2. The maximum atomic E-state index is 5.47. The van der Waals surface area contributed by atoms with Gasteiger partial charge in [-0.1, -0.05) is 0 Å². The maximum absolute atomic E-state index is 5.47. The lowest BCUT2D eigenvalue weighted by Gasteiger charge is -2.51. The summed E-state index contributed by atoms with van der Waals surface area (Å²) >= 11 is 0. The number of nitrogens with zero attached hydrogens (tertiary/aromatic N) is 7. The molecule has 3 aliphatic heterocycles. The van der Waals surface area contributed by atoms with Crippen LogP contribution in [0.15, 0.2) is 18.5 Å². The summed E-state index contributed by atoms with van der Waals surface area (Å²) in [6.45, 7) is 11.4. The zero-order valence-corrected chi connectivity index (χ0v) is 17.5. The molecule has 1 unspecified atom stereocenters. The number of hydrogen-bond donors (Lipinski definition) is 0. The molecule has 0 aliphatic carbocycles. The zero-order chi connectivity index (χ0) is 20.0. The van der Waals surface area contributed by atoms with Gasteiger partial charge in [0.2, 0.25) is 11.9 Å². The number of morpholine rings is 1. The van der Waals surface area contributed by atoms with Crippen molar-refractivity contribution in [2.75, 3.05) is 69.3 Å². The Morgan fingerprint density at radius 3 is 2.52 bits per heavy atom. The Morgan fingerprint density at radius 1 is 1.00 bits per heavy atom. The number of likely N-dealkylation sites (tertiary alicyclic amines) is 1. The molecule has 2 aromatic heterocycles. The fourth-order valence-electron chi connectivity index (χ4n) is 4.94. The van der Waals surface area contributed by atoms with E-state index in [0.717, 1.165) is 81.3 Å². The van der Waals surface area contributed by atoms with Crippen LogP contribution in [-0.2, 0) is 4.74 Å². The zero-order valence-electron chi connectivity index (χ0n) is 17.5. The standard InChI is InChI=1S/C21H29N7O/c1-15-10-23-20(24-16(15)2)28-13-21(14-28)12-26(3)11-17(21)18-4-5-22-19(25-18)27-6-8-29-9-7-27/h4-5,10,17H,6-9,11-14H2,1-3H3. The first-order chi connectivity index (χ1) is 14.0. The molecule has 1 spiro atoms. The van der Waals surface area contributed by atoms with Crippen molar-refractivity contribution in [2.24, 2.45) is 5.41 Å². The quantitative estimate of drug-likeness (QED) is 0.769. The molecule has 154 valence electrons. The average Bonchev–Trinajstić information content (AvgIpc) is 3.07. The van der Waals surface area contributed by atoms with Crippen molar-refractivity contribution in [2.45, 2.75) is 19.8 Å². The summed E-state index contributed by atoms with van der Waals surface area (Å²) in [5.41, 5.74) is 3.56. The third-order valence-corrected chi connectivity index (χ3v) is 6.64. The molecule has 5 heterocycles. The lowest BCUT2D eigenvalue weighted by atomic mass is 9.70. The fourth-order valence-corrected chi connectivity index (χ4v) is 4.94. The molecule has 0 saturated carbocycles. The topological polar surface area (TPSA) is 70.5 Å². The van der Waals surface area contributed by atoms with Crippen LogP contribution >= 0.6 is 0 Å². The smallest absolute Gasteiger partial charge is 0.225 e. The molecule has 2 aromatic rings. The van der Waals surface area contributed by atoms with Gasteiger partial charge >= 0.3 is 0 Å². The third kappa shape index (κ3) is 3.34. The Labute approximate surface area is 171 Å². The lowest BCUT2D eigenvalue weighted by Crippen LogP contribution is -2.60. The maximum Gasteiger partial charge on any atom is 0.225 e. The minimum Gasteiger partial charge on any atom is -0.378 e. The molecule has 3 aliphatic rings. The van der Waals surface area contributed by atoms with E-state index in [9.17, 15) is 0 Å². The van der Waals surface area contributed by atoms with Gasteiger partial charge in [-0.3, -0.25) is 0 Å². The molecular weight excluding hydrogens is 366 g/mol. The summed E-state index contributed by atoms with van der Waals surface area (Å²) in [6, 6.07) is 2.10. The van der Waals surface area contributed by atoms with E-state index < -0.39 is 0 Å². The fraction of sp³-hybridized carbons (Fsp3) is 0.619. The van der Waals surface area contributed by atoms with E-state index in [1.807, 2.05) is 12.4 Å². The largest absolute Gasteiger partial charge is 0.378 e. The Morgan fingerprint density at radius 2 is 1.76 bits per heavy atom. The highest BCUT2D eigenvalue weighted by atomic mass is 16.5. The molecule has 3 saturated heterocycles. The predicted molar refractivity (Wildman–Crippen MR) is 111 cm³/mol. The van der Waals surface area contributed by atoms with Crippen LogP contribution in [0.2, 0.25) is 0 Å². The number of hydrogen-bond acceptors (Lipinski definition) is 8. The number of rotatable bonds is 3. The van der Waals surface area contributed by atoms with Crippen molar-refractivity contribution in [3.8, 4) is 0 Å². The summed E-state index contributed by atoms with van der Waals surface area (Å²) in [6.07, 6.45) is 3.85. The SMILES string of the molecule is Cc1cnc(N2CC3(CN(C)CC3c3ccnc(N4CCOCC4)n3)C2)nc1C. The summed E-state index contributed by atoms with van der Waals surface area (Å²) in [5.74, 6) is 2.09. The minimum atomic E-state index is 0.202. The van der Waals surface area contributed by atoms with E-state index in [2.05, 4.69) is 51.6 Å². The van der Waals surface area contributed by atoms with Gasteiger partial charge in [0.25, 0.3) is 0 Å². The van der Waals surface area contributed by atoms with Crippen LogP contribution in [0.25, 0.3) is 0 Å². The monoisotopic (exact) mass is 395 g/mol. The summed E-state index contributed by atoms with van der Waals surface area (Å²) in [7, 11) is 2.21. The van der Waals surface area contributed by atoms with Crippen LogP contribution in [-0.4, -0.2) is 84.4 Å². The highest BCUT2D eigenvalue weighted by molar-refractivity contribution is 5.42. The number of aromatic nitrogens is 4. The van der Waals surface area contributed by atoms with Gasteiger partial charge in [-0.25, -0.2) is 19.9 Å². The molecule has 0 bridgehead atoms. The molecule has 3 fully saturated rings. The average molecular weight is 396 g/mol. The molecule has 8 heteroatoms. The van der Waals surface area contributed by atoms with Crippen LogP contribution in [0, 0.1) is 19.3 Å². The third-order valence-electron chi connectivity index (χ3n) is 6.64. The van der Waals surface area contributed by atoms with Gasteiger partial charge in [-0.2, -0.15) is 0 Å². The van der Waals surface area contributed by atoms with Gasteiger partial charge in [0.1, 0.15) is 0 Å². The highest BCUT2D eigenvalue weighted by Crippen LogP contribution is 2.49. The molecule has 29 heavy (non-hydrogen) atoms. The number of anilines is 2. The highest BCUT2D eigenvalue weighted by Gasteiger charge is 2.55. The summed E-state index contributed by atoms with van der Waals surface area (Å²) in [5, 5.41) is 0. The van der Waals surface area contributed by atoms with Crippen molar-refractivity contribution in [3.05, 3.63) is 35.4 Å². The second kappa shape index (κ2) is 7.18. The molecule has 0 amide bonds. The molecule has 0 aromatic carbocycles. The van der Waals surface area contributed by atoms with Crippen molar-refractivity contribution >= 4 is 11.9 Å². The van der Waals surface area contributed by atoms with Gasteiger partial charge in [-0.05, 0) is 32.5 Å². The second-order valence-electron chi connectivity index (χ2n) is 8.79. The summed E-state index contributed by atoms with van der Waals surface area (Å²) < 4.78 is 5.47. The minimum absolute atomic E-state index is 0.202. The second-order valence-corrected chi connectivity index (χ2v) is 8.79. The predicted octanol–water partition coefficient (Wildman–Crippen LogP) is 1.26.